The summed E-state index contributed by atoms with van der Waals surface area (Å²) in [6.45, 7) is 1.50. The van der Waals surface area contributed by atoms with E-state index in [4.69, 9.17) is 4.74 Å². The monoisotopic (exact) mass is 527 g/mol. The van der Waals surface area contributed by atoms with Gasteiger partial charge in [-0.1, -0.05) is 133 Å². The van der Waals surface area contributed by atoms with Crippen LogP contribution in [0.4, 0.5) is 0 Å². The van der Waals surface area contributed by atoms with Crippen molar-refractivity contribution in [1.82, 2.24) is 4.90 Å². The van der Waals surface area contributed by atoms with E-state index in [-0.39, 0.29) is 5.92 Å². The van der Waals surface area contributed by atoms with Gasteiger partial charge in [-0.2, -0.15) is 0 Å². The first-order valence-corrected chi connectivity index (χ1v) is 13.5. The van der Waals surface area contributed by atoms with Gasteiger partial charge in [-0.15, -0.1) is 0 Å². The molecule has 0 saturated heterocycles. The largest absolute Gasteiger partial charge is 0.489 e. The highest BCUT2D eigenvalue weighted by molar-refractivity contribution is 5.75. The molecule has 0 aliphatic rings. The molecule has 1 atom stereocenters. The molecular formula is C36H33NO3. The second-order valence-corrected chi connectivity index (χ2v) is 9.87. The summed E-state index contributed by atoms with van der Waals surface area (Å²) in [5.74, 6) is -0.0845. The second-order valence-electron chi connectivity index (χ2n) is 9.87. The van der Waals surface area contributed by atoms with E-state index in [1.54, 1.807) is 0 Å². The summed E-state index contributed by atoms with van der Waals surface area (Å²) in [6, 6.07) is 47.4. The van der Waals surface area contributed by atoms with E-state index in [0.29, 0.717) is 19.7 Å². The molecule has 0 amide bonds. The lowest BCUT2D eigenvalue weighted by Gasteiger charge is -2.33. The van der Waals surface area contributed by atoms with Gasteiger partial charge in [0, 0.05) is 19.0 Å². The van der Waals surface area contributed by atoms with Gasteiger partial charge < -0.3 is 9.84 Å². The van der Waals surface area contributed by atoms with Crippen molar-refractivity contribution in [2.24, 2.45) is 0 Å². The highest BCUT2D eigenvalue weighted by atomic mass is 16.5. The van der Waals surface area contributed by atoms with Crippen molar-refractivity contribution in [2.45, 2.75) is 25.1 Å². The zero-order valence-electron chi connectivity index (χ0n) is 22.3. The van der Waals surface area contributed by atoms with Gasteiger partial charge >= 0.3 is 5.97 Å². The maximum Gasteiger partial charge on any atom is 0.325 e. The Morgan fingerprint density at radius 1 is 0.600 bits per heavy atom. The van der Waals surface area contributed by atoms with Crippen LogP contribution in [0.25, 0.3) is 0 Å². The summed E-state index contributed by atoms with van der Waals surface area (Å²) in [7, 11) is 0. The number of carboxylic acid groups (broad SMARTS) is 1. The zero-order chi connectivity index (χ0) is 27.6. The van der Waals surface area contributed by atoms with E-state index in [9.17, 15) is 9.90 Å². The SMILES string of the molecule is O=C(O)[C@H](c1ccccc1)N(Cc1ccc(OCc2ccccc2)cc1)CC(c1ccccc1)c1ccccc1. The first-order chi connectivity index (χ1) is 19.7. The molecule has 5 aromatic carbocycles. The van der Waals surface area contributed by atoms with Crippen LogP contribution in [0.1, 0.15) is 39.8 Å². The van der Waals surface area contributed by atoms with Crippen molar-refractivity contribution in [3.63, 3.8) is 0 Å². The number of ether oxygens (including phenoxy) is 1. The molecule has 0 fully saturated rings. The summed E-state index contributed by atoms with van der Waals surface area (Å²) in [5, 5.41) is 10.5. The number of hydrogen-bond donors (Lipinski definition) is 1. The summed E-state index contributed by atoms with van der Waals surface area (Å²) in [5.41, 5.74) is 5.20. The van der Waals surface area contributed by atoms with Crippen LogP contribution >= 0.6 is 0 Å². The number of aliphatic carboxylic acids is 1. The van der Waals surface area contributed by atoms with E-state index in [1.165, 1.54) is 0 Å². The zero-order valence-corrected chi connectivity index (χ0v) is 22.3. The Morgan fingerprint density at radius 3 is 1.57 bits per heavy atom. The Labute approximate surface area is 236 Å². The van der Waals surface area contributed by atoms with Crippen LogP contribution in [-0.4, -0.2) is 22.5 Å². The minimum atomic E-state index is -0.867. The first kappa shape index (κ1) is 26.9. The minimum absolute atomic E-state index is 0.00133. The van der Waals surface area contributed by atoms with Crippen LogP contribution in [0.5, 0.6) is 5.75 Å². The quantitative estimate of drug-likeness (QED) is 0.180. The van der Waals surface area contributed by atoms with Gasteiger partial charge in [0.1, 0.15) is 18.4 Å². The molecule has 0 aliphatic carbocycles. The smallest absolute Gasteiger partial charge is 0.325 e. The van der Waals surface area contributed by atoms with Crippen LogP contribution in [0, 0.1) is 0 Å². The van der Waals surface area contributed by atoms with E-state index in [2.05, 4.69) is 29.2 Å². The van der Waals surface area contributed by atoms with Crippen LogP contribution < -0.4 is 4.74 Å². The molecule has 1 N–H and O–H groups in total. The van der Waals surface area contributed by atoms with Gasteiger partial charge in [-0.25, -0.2) is 0 Å². The second kappa shape index (κ2) is 13.4. The highest BCUT2D eigenvalue weighted by Crippen LogP contribution is 2.31. The van der Waals surface area contributed by atoms with Gasteiger partial charge in [-0.05, 0) is 39.9 Å². The fraction of sp³-hybridized carbons (Fsp3) is 0.139. The van der Waals surface area contributed by atoms with Gasteiger partial charge in [0.15, 0.2) is 0 Å². The first-order valence-electron chi connectivity index (χ1n) is 13.5. The molecule has 0 radical (unpaired) electrons. The van der Waals surface area contributed by atoms with E-state index >= 15 is 0 Å². The Hall–Kier alpha value is -4.67. The number of carbonyl (C=O) groups is 1. The van der Waals surface area contributed by atoms with Crippen molar-refractivity contribution in [2.75, 3.05) is 6.54 Å². The third-order valence-corrected chi connectivity index (χ3v) is 7.09. The highest BCUT2D eigenvalue weighted by Gasteiger charge is 2.30. The molecule has 0 bridgehead atoms. The molecule has 200 valence electrons. The van der Waals surface area contributed by atoms with Crippen molar-refractivity contribution in [3.05, 3.63) is 173 Å². The Morgan fingerprint density at radius 2 is 1.07 bits per heavy atom. The fourth-order valence-electron chi connectivity index (χ4n) is 5.08. The molecular weight excluding hydrogens is 494 g/mol. The third kappa shape index (κ3) is 7.04. The fourth-order valence-corrected chi connectivity index (χ4v) is 5.08. The predicted octanol–water partition coefficient (Wildman–Crippen LogP) is 7.73. The third-order valence-electron chi connectivity index (χ3n) is 7.09. The molecule has 0 saturated carbocycles. The number of carboxylic acids is 1. The van der Waals surface area contributed by atoms with Crippen LogP contribution in [-0.2, 0) is 17.9 Å². The van der Waals surface area contributed by atoms with Crippen molar-refractivity contribution < 1.29 is 14.6 Å². The maximum absolute atomic E-state index is 12.8. The summed E-state index contributed by atoms with van der Waals surface area (Å²) >= 11 is 0. The molecule has 4 heteroatoms. The van der Waals surface area contributed by atoms with E-state index in [0.717, 1.165) is 33.6 Å². The summed E-state index contributed by atoms with van der Waals surface area (Å²) < 4.78 is 5.98. The summed E-state index contributed by atoms with van der Waals surface area (Å²) in [6.07, 6.45) is 0. The Kier molecular flexibility index (Phi) is 9.02. The van der Waals surface area contributed by atoms with Crippen molar-refractivity contribution in [1.29, 1.82) is 0 Å². The predicted molar refractivity (Wildman–Crippen MR) is 159 cm³/mol. The van der Waals surface area contributed by atoms with Crippen LogP contribution in [0.15, 0.2) is 146 Å². The van der Waals surface area contributed by atoms with Gasteiger partial charge in [-0.3, -0.25) is 9.69 Å². The molecule has 5 aromatic rings. The standard InChI is InChI=1S/C36H33NO3/c38-36(39)35(32-19-11-4-12-20-32)37(26-34(30-15-7-2-8-16-30)31-17-9-3-10-18-31)25-28-21-23-33(24-22-28)40-27-29-13-5-1-6-14-29/h1-24,34-35H,25-27H2,(H,38,39)/t35-/m0/s1. The lowest BCUT2D eigenvalue weighted by Crippen LogP contribution is -2.37. The Balaban J connectivity index is 1.44. The maximum atomic E-state index is 12.8. The molecule has 0 spiro atoms. The normalized spacial score (nSPS) is 11.8. The molecule has 0 aliphatic heterocycles. The molecule has 0 heterocycles. The topological polar surface area (TPSA) is 49.8 Å². The van der Waals surface area contributed by atoms with Crippen molar-refractivity contribution >= 4 is 5.97 Å². The minimum Gasteiger partial charge on any atom is -0.489 e. The van der Waals surface area contributed by atoms with E-state index < -0.39 is 12.0 Å². The number of hydrogen-bond acceptors (Lipinski definition) is 3. The number of rotatable bonds is 12. The molecule has 4 nitrogen and oxygen atoms in total. The average Bonchev–Trinajstić information content (AvgIpc) is 3.01. The summed E-state index contributed by atoms with van der Waals surface area (Å²) in [4.78, 5) is 14.9. The number of nitrogens with zero attached hydrogens (tertiary/aromatic N) is 1. The molecule has 40 heavy (non-hydrogen) atoms. The van der Waals surface area contributed by atoms with Crippen LogP contribution in [0.2, 0.25) is 0 Å². The van der Waals surface area contributed by atoms with E-state index in [1.807, 2.05) is 121 Å². The van der Waals surface area contributed by atoms with Crippen molar-refractivity contribution in [3.8, 4) is 5.75 Å². The lowest BCUT2D eigenvalue weighted by molar-refractivity contribution is -0.144. The molecule has 5 rings (SSSR count). The molecule has 0 unspecified atom stereocenters. The van der Waals surface area contributed by atoms with Gasteiger partial charge in [0.25, 0.3) is 0 Å². The number of benzene rings is 5. The Bertz CT molecular complexity index is 1420. The lowest BCUT2D eigenvalue weighted by atomic mass is 9.89. The van der Waals surface area contributed by atoms with Gasteiger partial charge in [0.05, 0.1) is 0 Å². The molecule has 0 aromatic heterocycles. The average molecular weight is 528 g/mol. The van der Waals surface area contributed by atoms with Gasteiger partial charge in [0.2, 0.25) is 0 Å². The van der Waals surface area contributed by atoms with Crippen LogP contribution in [0.3, 0.4) is 0 Å².